The molecule has 0 aromatic carbocycles. The van der Waals surface area contributed by atoms with E-state index >= 15 is 0 Å². The molecule has 0 fully saturated rings. The first kappa shape index (κ1) is 20.7. The Balaban J connectivity index is 5.54. The predicted molar refractivity (Wildman–Crippen MR) is 54.2 cm³/mol. The lowest BCUT2D eigenvalue weighted by molar-refractivity contribution is -0.381. The molecule has 0 aliphatic heterocycles. The maximum atomic E-state index is 13.0. The molecule has 0 bridgehead atoms. The number of halogens is 9. The predicted octanol–water partition coefficient (Wildman–Crippen LogP) is 2.71. The van der Waals surface area contributed by atoms with Gasteiger partial charge in [-0.15, -0.1) is 0 Å². The van der Waals surface area contributed by atoms with Gasteiger partial charge >= 0.3 is 29.2 Å². The van der Waals surface area contributed by atoms with Crippen molar-refractivity contribution in [1.82, 2.24) is 0 Å². The van der Waals surface area contributed by atoms with Crippen LogP contribution in [0.25, 0.3) is 0 Å². The fraction of sp³-hybridized carbons (Fsp3) is 0.750. The van der Waals surface area contributed by atoms with Crippen molar-refractivity contribution in [1.29, 1.82) is 0 Å². The van der Waals surface area contributed by atoms with E-state index in [0.29, 0.717) is 0 Å². The Morgan fingerprint density at radius 1 is 1.05 bits per heavy atom. The maximum absolute atomic E-state index is 13.0. The quantitative estimate of drug-likeness (QED) is 0.412. The fourth-order valence-corrected chi connectivity index (χ4v) is 1.47. The lowest BCUT2D eigenvalue weighted by atomic mass is 10.1. The molecule has 0 N–H and O–H groups in total. The number of hydrogen-bond acceptors (Lipinski definition) is 3. The number of hydrogen-bond donors (Lipinski definition) is 0. The summed E-state index contributed by atoms with van der Waals surface area (Å²) in [5.74, 6) is -15.8. The molecule has 1 atom stereocenters. The summed E-state index contributed by atoms with van der Waals surface area (Å²) in [4.78, 5) is 10.6. The average Bonchev–Trinajstić information content (AvgIpc) is 2.34. The fourth-order valence-electron chi connectivity index (χ4n) is 0.807. The van der Waals surface area contributed by atoms with E-state index in [1.54, 1.807) is 0 Å². The van der Waals surface area contributed by atoms with Gasteiger partial charge in [-0.3, -0.25) is 0 Å². The van der Waals surface area contributed by atoms with Crippen molar-refractivity contribution in [3.63, 3.8) is 0 Å². The van der Waals surface area contributed by atoms with Crippen LogP contribution in [0.1, 0.15) is 6.92 Å². The first-order valence-corrected chi connectivity index (χ1v) is 6.06. The van der Waals surface area contributed by atoms with Crippen LogP contribution in [0.3, 0.4) is 0 Å². The Bertz CT molecular complexity index is 474. The van der Waals surface area contributed by atoms with Gasteiger partial charge in [0.05, 0.1) is 6.61 Å². The van der Waals surface area contributed by atoms with E-state index in [-0.39, 0.29) is 12.8 Å². The molecule has 0 aromatic rings. The molecule has 1 unspecified atom stereocenters. The summed E-state index contributed by atoms with van der Waals surface area (Å²) >= 11 is 0. The van der Waals surface area contributed by atoms with Gasteiger partial charge in [0.1, 0.15) is 6.21 Å². The van der Waals surface area contributed by atoms with Crippen LogP contribution >= 0.6 is 0 Å². The summed E-state index contributed by atoms with van der Waals surface area (Å²) in [5.41, 5.74) is 0. The highest BCUT2D eigenvalue weighted by Crippen LogP contribution is 2.54. The van der Waals surface area contributed by atoms with Gasteiger partial charge in [-0.25, -0.2) is 9.00 Å². The topological polar surface area (TPSA) is 55.7 Å². The monoisotopic (exact) mass is 367 g/mol. The SMILES string of the molecule is CCOC(=O)C=NS(=O)C(F)(F)C(F)(F)C(F)(F)C(F)(F)F. The molecule has 0 heterocycles. The number of ether oxygens (including phenoxy) is 1. The lowest BCUT2D eigenvalue weighted by Gasteiger charge is -2.31. The molecular formula is C8H6F9NO3S. The summed E-state index contributed by atoms with van der Waals surface area (Å²) in [6.45, 7) is 0.908. The van der Waals surface area contributed by atoms with Crippen molar-refractivity contribution in [2.24, 2.45) is 4.40 Å². The second kappa shape index (κ2) is 6.42. The highest BCUT2D eigenvalue weighted by Gasteiger charge is 2.83. The summed E-state index contributed by atoms with van der Waals surface area (Å²) in [7, 11) is -4.60. The van der Waals surface area contributed by atoms with Crippen molar-refractivity contribution in [3.05, 3.63) is 0 Å². The van der Waals surface area contributed by atoms with Crippen LogP contribution in [-0.2, 0) is 20.5 Å². The van der Waals surface area contributed by atoms with Crippen LogP contribution in [0, 0.1) is 0 Å². The number of carbonyl (C=O) groups is 1. The number of esters is 1. The molecule has 4 nitrogen and oxygen atoms in total. The van der Waals surface area contributed by atoms with Gasteiger partial charge in [0, 0.05) is 0 Å². The minimum Gasteiger partial charge on any atom is -0.462 e. The van der Waals surface area contributed by atoms with Crippen LogP contribution in [0.5, 0.6) is 0 Å². The zero-order valence-corrected chi connectivity index (χ0v) is 11.1. The Morgan fingerprint density at radius 3 is 1.86 bits per heavy atom. The molecule has 0 aliphatic carbocycles. The van der Waals surface area contributed by atoms with Crippen molar-refractivity contribution in [2.75, 3.05) is 6.61 Å². The molecule has 0 radical (unpaired) electrons. The zero-order chi connectivity index (χ0) is 18.0. The third-order valence-corrected chi connectivity index (χ3v) is 2.87. The zero-order valence-electron chi connectivity index (χ0n) is 10.3. The number of rotatable bonds is 6. The van der Waals surface area contributed by atoms with E-state index < -0.39 is 40.2 Å². The second-order valence-electron chi connectivity index (χ2n) is 3.40. The molecule has 0 spiro atoms. The van der Waals surface area contributed by atoms with Crippen LogP contribution in [0.2, 0.25) is 0 Å². The van der Waals surface area contributed by atoms with E-state index in [1.807, 2.05) is 4.40 Å². The van der Waals surface area contributed by atoms with Crippen molar-refractivity contribution in [3.8, 4) is 0 Å². The van der Waals surface area contributed by atoms with Gasteiger partial charge in [0.2, 0.25) is 11.0 Å². The Hall–Kier alpha value is -1.34. The van der Waals surface area contributed by atoms with E-state index in [1.165, 1.54) is 6.92 Å². The van der Waals surface area contributed by atoms with Crippen molar-refractivity contribution >= 4 is 23.2 Å². The number of nitrogens with zero attached hydrogens (tertiary/aromatic N) is 1. The highest BCUT2D eigenvalue weighted by atomic mass is 32.2. The van der Waals surface area contributed by atoms with E-state index in [9.17, 15) is 48.5 Å². The van der Waals surface area contributed by atoms with Crippen LogP contribution in [0.4, 0.5) is 39.5 Å². The summed E-state index contributed by atoms with van der Waals surface area (Å²) in [5, 5.41) is -6.41. The third kappa shape index (κ3) is 3.70. The van der Waals surface area contributed by atoms with Gasteiger partial charge < -0.3 is 4.74 Å². The molecular weight excluding hydrogens is 361 g/mol. The molecule has 0 saturated heterocycles. The maximum Gasteiger partial charge on any atom is 0.460 e. The van der Waals surface area contributed by atoms with Gasteiger partial charge in [-0.1, -0.05) is 0 Å². The summed E-state index contributed by atoms with van der Waals surface area (Å²) < 4.78 is 129. The molecule has 130 valence electrons. The van der Waals surface area contributed by atoms with Gasteiger partial charge in [0.25, 0.3) is 0 Å². The minimum atomic E-state index is -7.18. The number of alkyl halides is 9. The third-order valence-electron chi connectivity index (χ3n) is 1.88. The molecule has 0 aliphatic rings. The largest absolute Gasteiger partial charge is 0.462 e. The highest BCUT2D eigenvalue weighted by molar-refractivity contribution is 7.85. The number of carbonyl (C=O) groups excluding carboxylic acids is 1. The first-order valence-electron chi connectivity index (χ1n) is 4.96. The minimum absolute atomic E-state index is 0.310. The Labute approximate surface area is 118 Å². The summed E-state index contributed by atoms with van der Waals surface area (Å²) in [6, 6.07) is 0. The molecule has 0 saturated carbocycles. The van der Waals surface area contributed by atoms with E-state index in [2.05, 4.69) is 4.74 Å². The lowest BCUT2D eigenvalue weighted by Crippen LogP contribution is -2.61. The van der Waals surface area contributed by atoms with Crippen molar-refractivity contribution in [2.45, 2.75) is 30.2 Å². The smallest absolute Gasteiger partial charge is 0.460 e. The molecule has 0 rings (SSSR count). The van der Waals surface area contributed by atoms with Crippen molar-refractivity contribution < 1.29 is 53.3 Å². The Kier molecular flexibility index (Phi) is 6.03. The second-order valence-corrected chi connectivity index (χ2v) is 4.62. The van der Waals surface area contributed by atoms with Crippen LogP contribution in [-0.4, -0.2) is 46.3 Å². The van der Waals surface area contributed by atoms with E-state index in [4.69, 9.17) is 0 Å². The van der Waals surface area contributed by atoms with Crippen LogP contribution < -0.4 is 0 Å². The Morgan fingerprint density at radius 2 is 1.50 bits per heavy atom. The standard InChI is InChI=1S/C8H6F9NO3S/c1-2-21-4(19)3-18-22(20)8(16,17)6(11,12)5(9,10)7(13,14)15/h3H,2H2,1H3. The van der Waals surface area contributed by atoms with Gasteiger partial charge in [-0.05, 0) is 6.92 Å². The molecule has 0 amide bonds. The molecule has 0 aromatic heterocycles. The van der Waals surface area contributed by atoms with Crippen LogP contribution in [0.15, 0.2) is 4.40 Å². The van der Waals surface area contributed by atoms with Gasteiger partial charge in [0.15, 0.2) is 0 Å². The van der Waals surface area contributed by atoms with E-state index in [0.717, 1.165) is 0 Å². The first-order chi connectivity index (χ1) is 9.63. The normalized spacial score (nSPS) is 15.9. The molecule has 22 heavy (non-hydrogen) atoms. The van der Waals surface area contributed by atoms with Gasteiger partial charge in [-0.2, -0.15) is 43.9 Å². The average molecular weight is 367 g/mol. The molecule has 14 heteroatoms. The summed E-state index contributed by atoms with van der Waals surface area (Å²) in [6.07, 6.45) is -7.34.